The van der Waals surface area contributed by atoms with E-state index in [1.54, 1.807) is 13.0 Å². The van der Waals surface area contributed by atoms with Crippen LogP contribution < -0.4 is 10.5 Å². The Morgan fingerprint density at radius 3 is 2.73 bits per heavy atom. The van der Waals surface area contributed by atoms with Gasteiger partial charge in [-0.15, -0.1) is 0 Å². The van der Waals surface area contributed by atoms with Gasteiger partial charge in [0, 0.05) is 56.1 Å². The first-order valence-corrected chi connectivity index (χ1v) is 12.8. The van der Waals surface area contributed by atoms with Crippen molar-refractivity contribution < 1.29 is 13.5 Å². The van der Waals surface area contributed by atoms with Crippen molar-refractivity contribution in [1.82, 2.24) is 19.5 Å². The summed E-state index contributed by atoms with van der Waals surface area (Å²) in [5, 5.41) is 7.03. The highest BCUT2D eigenvalue weighted by molar-refractivity contribution is 5.93. The Hall–Kier alpha value is -3.40. The zero-order chi connectivity index (χ0) is 25.9. The van der Waals surface area contributed by atoms with Crippen LogP contribution >= 0.6 is 0 Å². The zero-order valence-corrected chi connectivity index (χ0v) is 21.2. The number of anilines is 1. The van der Waals surface area contributed by atoms with Crippen LogP contribution in [0.4, 0.5) is 14.6 Å². The topological polar surface area (TPSA) is 75.9 Å². The minimum Gasteiger partial charge on any atom is -0.374 e. The van der Waals surface area contributed by atoms with E-state index in [2.05, 4.69) is 26.9 Å². The fourth-order valence-corrected chi connectivity index (χ4v) is 5.42. The van der Waals surface area contributed by atoms with Crippen LogP contribution in [0.15, 0.2) is 34.2 Å². The summed E-state index contributed by atoms with van der Waals surface area (Å²) < 4.78 is 36.5. The molecule has 2 fully saturated rings. The lowest BCUT2D eigenvalue weighted by Gasteiger charge is -2.40. The molecule has 1 aliphatic carbocycles. The SMILES string of the molecule is CCn1c(C)nc2cc(N3CCO[C@@H](C4(C)C=NN(C5CC5)C4)C3)nc(-c3ccc(F)cc3F)c2c1=O. The molecule has 2 aliphatic heterocycles. The fourth-order valence-electron chi connectivity index (χ4n) is 5.42. The molecule has 1 unspecified atom stereocenters. The van der Waals surface area contributed by atoms with E-state index in [1.165, 1.54) is 29.5 Å². The molecule has 4 heterocycles. The predicted octanol–water partition coefficient (Wildman–Crippen LogP) is 3.74. The molecule has 194 valence electrons. The molecule has 10 heteroatoms. The van der Waals surface area contributed by atoms with E-state index in [-0.39, 0.29) is 33.7 Å². The van der Waals surface area contributed by atoms with Crippen LogP contribution in [0.25, 0.3) is 22.2 Å². The number of hydrazone groups is 1. The van der Waals surface area contributed by atoms with Gasteiger partial charge in [0.15, 0.2) is 0 Å². The summed E-state index contributed by atoms with van der Waals surface area (Å²) in [4.78, 5) is 25.0. The largest absolute Gasteiger partial charge is 0.374 e. The Morgan fingerprint density at radius 1 is 1.19 bits per heavy atom. The highest BCUT2D eigenvalue weighted by Crippen LogP contribution is 2.38. The molecule has 0 radical (unpaired) electrons. The van der Waals surface area contributed by atoms with Gasteiger partial charge in [-0.05, 0) is 38.8 Å². The van der Waals surface area contributed by atoms with Crippen LogP contribution in [0.3, 0.4) is 0 Å². The van der Waals surface area contributed by atoms with Crippen molar-refractivity contribution in [3.8, 4) is 11.3 Å². The van der Waals surface area contributed by atoms with E-state index >= 15 is 0 Å². The summed E-state index contributed by atoms with van der Waals surface area (Å²) in [7, 11) is 0. The summed E-state index contributed by atoms with van der Waals surface area (Å²) in [6.45, 7) is 8.68. The number of morpholine rings is 1. The first-order valence-electron chi connectivity index (χ1n) is 12.8. The van der Waals surface area contributed by atoms with Gasteiger partial charge in [-0.2, -0.15) is 5.10 Å². The highest BCUT2D eigenvalue weighted by Gasteiger charge is 2.45. The zero-order valence-electron chi connectivity index (χ0n) is 21.2. The number of nitrogens with zero attached hydrogens (tertiary/aromatic N) is 6. The standard InChI is InChI=1S/C27H30F2N6O2/c1-4-34-16(2)31-21-12-23(32-25(24(21)26(34)36)19-8-5-17(28)11-20(19)29)33-9-10-37-22(13-33)27(3)14-30-35(15-27)18-6-7-18/h5,8,11-12,14,18,22H,4,6-7,9-10,13,15H2,1-3H3/t22-,27?/m1/s1. The molecule has 3 aromatic rings. The number of hydrogen-bond donors (Lipinski definition) is 0. The molecular weight excluding hydrogens is 478 g/mol. The monoisotopic (exact) mass is 508 g/mol. The van der Waals surface area contributed by atoms with Crippen molar-refractivity contribution in [2.45, 2.75) is 52.3 Å². The molecule has 1 saturated heterocycles. The molecule has 6 rings (SSSR count). The third-order valence-electron chi connectivity index (χ3n) is 7.72. The van der Waals surface area contributed by atoms with Crippen LogP contribution in [-0.4, -0.2) is 64.1 Å². The number of aryl methyl sites for hydroxylation is 1. The average molecular weight is 509 g/mol. The molecule has 1 saturated carbocycles. The number of fused-ring (bicyclic) bond motifs is 1. The molecule has 3 aliphatic rings. The Kier molecular flexibility index (Phi) is 5.74. The Morgan fingerprint density at radius 2 is 2.00 bits per heavy atom. The first-order chi connectivity index (χ1) is 17.8. The number of ether oxygens (including phenoxy) is 1. The maximum atomic E-state index is 15.0. The molecular formula is C27H30F2N6O2. The number of hydrogen-bond acceptors (Lipinski definition) is 7. The van der Waals surface area contributed by atoms with Gasteiger partial charge in [0.25, 0.3) is 5.56 Å². The number of rotatable bonds is 5. The first kappa shape index (κ1) is 24.0. The summed E-state index contributed by atoms with van der Waals surface area (Å²) in [5.41, 5.74) is 0.137. The molecule has 0 N–H and O–H groups in total. The molecule has 0 spiro atoms. The van der Waals surface area contributed by atoms with E-state index < -0.39 is 11.6 Å². The molecule has 2 atom stereocenters. The molecule has 0 amide bonds. The normalized spacial score (nSPS) is 23.9. The van der Waals surface area contributed by atoms with Gasteiger partial charge in [-0.25, -0.2) is 18.7 Å². The predicted molar refractivity (Wildman–Crippen MR) is 138 cm³/mol. The van der Waals surface area contributed by atoms with Crippen molar-refractivity contribution >= 4 is 22.9 Å². The lowest BCUT2D eigenvalue weighted by molar-refractivity contribution is -0.0178. The lowest BCUT2D eigenvalue weighted by atomic mass is 9.85. The smallest absolute Gasteiger partial charge is 0.263 e. The number of pyridine rings is 1. The van der Waals surface area contributed by atoms with Crippen molar-refractivity contribution in [2.24, 2.45) is 10.5 Å². The maximum Gasteiger partial charge on any atom is 0.263 e. The minimum absolute atomic E-state index is 0.0680. The van der Waals surface area contributed by atoms with E-state index in [0.717, 1.165) is 12.6 Å². The quantitative estimate of drug-likeness (QED) is 0.523. The Bertz CT molecular complexity index is 1470. The van der Waals surface area contributed by atoms with Crippen molar-refractivity contribution in [3.63, 3.8) is 0 Å². The Labute approximate surface area is 213 Å². The molecule has 8 nitrogen and oxygen atoms in total. The van der Waals surface area contributed by atoms with Gasteiger partial charge in [-0.3, -0.25) is 14.4 Å². The van der Waals surface area contributed by atoms with Crippen LogP contribution in [0.2, 0.25) is 0 Å². The summed E-state index contributed by atoms with van der Waals surface area (Å²) >= 11 is 0. The molecule has 2 aromatic heterocycles. The van der Waals surface area contributed by atoms with Gasteiger partial charge in [0.2, 0.25) is 0 Å². The Balaban J connectivity index is 1.43. The average Bonchev–Trinajstić information content (AvgIpc) is 3.65. The second-order valence-electron chi connectivity index (χ2n) is 10.4. The fraction of sp³-hybridized carbons (Fsp3) is 0.481. The van der Waals surface area contributed by atoms with Crippen molar-refractivity contribution in [1.29, 1.82) is 0 Å². The van der Waals surface area contributed by atoms with Crippen LogP contribution in [-0.2, 0) is 11.3 Å². The number of halogens is 2. The third-order valence-corrected chi connectivity index (χ3v) is 7.72. The van der Waals surface area contributed by atoms with E-state index in [4.69, 9.17) is 9.72 Å². The van der Waals surface area contributed by atoms with E-state index in [1.807, 2.05) is 13.1 Å². The van der Waals surface area contributed by atoms with Gasteiger partial charge >= 0.3 is 0 Å². The third kappa shape index (κ3) is 4.17. The maximum absolute atomic E-state index is 15.0. The summed E-state index contributed by atoms with van der Waals surface area (Å²) in [6.07, 6.45) is 4.26. The van der Waals surface area contributed by atoms with Crippen molar-refractivity contribution in [2.75, 3.05) is 31.1 Å². The molecule has 37 heavy (non-hydrogen) atoms. The van der Waals surface area contributed by atoms with E-state index in [0.29, 0.717) is 49.4 Å². The molecule has 1 aromatic carbocycles. The van der Waals surface area contributed by atoms with Crippen molar-refractivity contribution in [3.05, 3.63) is 52.1 Å². The van der Waals surface area contributed by atoms with Gasteiger partial charge in [0.1, 0.15) is 23.3 Å². The lowest BCUT2D eigenvalue weighted by Crippen LogP contribution is -2.52. The van der Waals surface area contributed by atoms with Crippen LogP contribution in [0, 0.1) is 24.0 Å². The van der Waals surface area contributed by atoms with E-state index in [9.17, 15) is 13.6 Å². The number of benzene rings is 1. The van der Waals surface area contributed by atoms with Crippen LogP contribution in [0.5, 0.6) is 0 Å². The number of aromatic nitrogens is 3. The second-order valence-corrected chi connectivity index (χ2v) is 10.4. The van der Waals surface area contributed by atoms with Gasteiger partial charge in [-0.1, -0.05) is 6.92 Å². The summed E-state index contributed by atoms with van der Waals surface area (Å²) in [6, 6.07) is 5.64. The van der Waals surface area contributed by atoms with Gasteiger partial charge in [0.05, 0.1) is 34.7 Å². The highest BCUT2D eigenvalue weighted by atomic mass is 19.1. The minimum atomic E-state index is -0.774. The summed E-state index contributed by atoms with van der Waals surface area (Å²) in [5.74, 6) is -0.317. The molecule has 0 bridgehead atoms. The van der Waals surface area contributed by atoms with Crippen LogP contribution in [0.1, 0.15) is 32.5 Å². The second kappa shape index (κ2) is 8.86. The van der Waals surface area contributed by atoms with Gasteiger partial charge < -0.3 is 9.64 Å².